The Labute approximate surface area is 137 Å². The summed E-state index contributed by atoms with van der Waals surface area (Å²) in [4.78, 5) is 13.3. The fraction of sp³-hybridized carbons (Fsp3) is 0.562. The molecule has 1 heterocycles. The maximum atomic E-state index is 12.0. The number of anilines is 1. The van der Waals surface area contributed by atoms with Crippen molar-refractivity contribution < 1.29 is 4.79 Å². The topological polar surface area (TPSA) is 41.1 Å². The highest BCUT2D eigenvalue weighted by atomic mass is 35.5. The summed E-state index contributed by atoms with van der Waals surface area (Å²) in [7, 11) is 0. The van der Waals surface area contributed by atoms with Crippen molar-refractivity contribution >= 4 is 35.8 Å². The normalized spacial score (nSPS) is 22.0. The van der Waals surface area contributed by atoms with Crippen molar-refractivity contribution in [3.05, 3.63) is 24.3 Å². The predicted octanol–water partition coefficient (Wildman–Crippen LogP) is 3.83. The number of rotatable bonds is 4. The van der Waals surface area contributed by atoms with E-state index in [2.05, 4.69) is 22.8 Å². The largest absolute Gasteiger partial charge is 0.325 e. The van der Waals surface area contributed by atoms with Crippen LogP contribution in [0.1, 0.15) is 38.5 Å². The third-order valence-electron chi connectivity index (χ3n) is 4.10. The summed E-state index contributed by atoms with van der Waals surface area (Å²) in [6, 6.07) is 8.28. The minimum atomic E-state index is -0.0115. The summed E-state index contributed by atoms with van der Waals surface area (Å²) in [5.41, 5.74) is 0.902. The molecule has 1 aromatic rings. The Hall–Kier alpha value is -0.710. The zero-order valence-electron chi connectivity index (χ0n) is 12.1. The molecule has 21 heavy (non-hydrogen) atoms. The second-order valence-corrected chi connectivity index (χ2v) is 7.06. The van der Waals surface area contributed by atoms with E-state index < -0.39 is 0 Å². The minimum Gasteiger partial charge on any atom is -0.325 e. The third-order valence-corrected chi connectivity index (χ3v) is 5.45. The molecular formula is C16H23ClN2OS. The van der Waals surface area contributed by atoms with Gasteiger partial charge in [-0.1, -0.05) is 12.8 Å². The molecule has 5 heteroatoms. The lowest BCUT2D eigenvalue weighted by molar-refractivity contribution is -0.117. The molecule has 116 valence electrons. The fourth-order valence-electron chi connectivity index (χ4n) is 2.95. The number of nitrogens with one attached hydrogen (secondary N) is 2. The molecule has 1 aliphatic carbocycles. The molecule has 0 radical (unpaired) electrons. The highest BCUT2D eigenvalue weighted by Crippen LogP contribution is 2.34. The Kier molecular flexibility index (Phi) is 6.40. The lowest BCUT2D eigenvalue weighted by Crippen LogP contribution is -2.35. The molecule has 1 atom stereocenters. The average molecular weight is 327 g/mol. The number of hydrogen-bond acceptors (Lipinski definition) is 3. The van der Waals surface area contributed by atoms with Gasteiger partial charge >= 0.3 is 0 Å². The molecule has 0 aromatic heterocycles. The van der Waals surface area contributed by atoms with Crippen molar-refractivity contribution in [3.8, 4) is 0 Å². The van der Waals surface area contributed by atoms with E-state index in [-0.39, 0.29) is 24.4 Å². The van der Waals surface area contributed by atoms with E-state index in [1.54, 1.807) is 0 Å². The molecule has 1 unspecified atom stereocenters. The van der Waals surface area contributed by atoms with Gasteiger partial charge in [0.25, 0.3) is 0 Å². The van der Waals surface area contributed by atoms with Crippen LogP contribution in [-0.2, 0) is 4.79 Å². The van der Waals surface area contributed by atoms with Crippen LogP contribution in [0.5, 0.6) is 0 Å². The van der Waals surface area contributed by atoms with Crippen molar-refractivity contribution in [2.24, 2.45) is 0 Å². The van der Waals surface area contributed by atoms with Gasteiger partial charge in [0.1, 0.15) is 0 Å². The lowest BCUT2D eigenvalue weighted by atomic mass is 10.2. The number of benzene rings is 1. The zero-order valence-corrected chi connectivity index (χ0v) is 13.8. The first kappa shape index (κ1) is 16.7. The zero-order chi connectivity index (χ0) is 13.8. The van der Waals surface area contributed by atoms with Crippen molar-refractivity contribution in [1.82, 2.24) is 5.32 Å². The summed E-state index contributed by atoms with van der Waals surface area (Å²) in [6.45, 7) is 0.953. The van der Waals surface area contributed by atoms with E-state index in [4.69, 9.17) is 0 Å². The van der Waals surface area contributed by atoms with Crippen molar-refractivity contribution in [2.75, 3.05) is 11.9 Å². The molecule has 3 rings (SSSR count). The first-order valence-electron chi connectivity index (χ1n) is 7.62. The summed E-state index contributed by atoms with van der Waals surface area (Å²) >= 11 is 1.98. The van der Waals surface area contributed by atoms with E-state index in [0.29, 0.717) is 0 Å². The summed E-state index contributed by atoms with van der Waals surface area (Å²) < 4.78 is 0. The van der Waals surface area contributed by atoms with Gasteiger partial charge in [-0.3, -0.25) is 4.79 Å². The van der Waals surface area contributed by atoms with Gasteiger partial charge in [0.05, 0.1) is 6.04 Å². The molecule has 2 N–H and O–H groups in total. The molecule has 0 bridgehead atoms. The van der Waals surface area contributed by atoms with Crippen LogP contribution in [-0.4, -0.2) is 23.7 Å². The van der Waals surface area contributed by atoms with E-state index in [1.807, 2.05) is 23.9 Å². The molecule has 1 aliphatic heterocycles. The van der Waals surface area contributed by atoms with Gasteiger partial charge in [-0.05, 0) is 56.5 Å². The van der Waals surface area contributed by atoms with E-state index in [0.717, 1.165) is 30.3 Å². The number of amides is 1. The molecule has 1 saturated heterocycles. The maximum absolute atomic E-state index is 12.0. The minimum absolute atomic E-state index is 0. The van der Waals surface area contributed by atoms with Gasteiger partial charge in [0, 0.05) is 15.8 Å². The van der Waals surface area contributed by atoms with Gasteiger partial charge < -0.3 is 10.6 Å². The smallest absolute Gasteiger partial charge is 0.241 e. The Morgan fingerprint density at radius 1 is 1.10 bits per heavy atom. The number of carbonyl (C=O) groups excluding carboxylic acids is 1. The Balaban J connectivity index is 0.00000161. The van der Waals surface area contributed by atoms with E-state index in [1.165, 1.54) is 30.6 Å². The van der Waals surface area contributed by atoms with E-state index in [9.17, 15) is 4.79 Å². The van der Waals surface area contributed by atoms with Crippen LogP contribution in [0.25, 0.3) is 0 Å². The second-order valence-electron chi connectivity index (χ2n) is 5.69. The van der Waals surface area contributed by atoms with Gasteiger partial charge in [-0.2, -0.15) is 0 Å². The van der Waals surface area contributed by atoms with Gasteiger partial charge in [0.2, 0.25) is 5.91 Å². The van der Waals surface area contributed by atoms with Crippen LogP contribution in [0.4, 0.5) is 5.69 Å². The third kappa shape index (κ3) is 4.63. The molecule has 1 amide bonds. The van der Waals surface area contributed by atoms with Gasteiger partial charge in [-0.15, -0.1) is 24.2 Å². The number of carbonyl (C=O) groups is 1. The highest BCUT2D eigenvalue weighted by molar-refractivity contribution is 8.00. The number of hydrogen-bond donors (Lipinski definition) is 2. The molecule has 2 fully saturated rings. The summed E-state index contributed by atoms with van der Waals surface area (Å²) in [6.07, 6.45) is 7.48. The van der Waals surface area contributed by atoms with Gasteiger partial charge in [-0.25, -0.2) is 0 Å². The van der Waals surface area contributed by atoms with Crippen molar-refractivity contribution in [1.29, 1.82) is 0 Å². The molecule has 0 spiro atoms. The Morgan fingerprint density at radius 2 is 1.81 bits per heavy atom. The maximum Gasteiger partial charge on any atom is 0.241 e. The van der Waals surface area contributed by atoms with Crippen LogP contribution in [0.15, 0.2) is 29.2 Å². The second kappa shape index (κ2) is 8.06. The molecule has 2 aliphatic rings. The van der Waals surface area contributed by atoms with Crippen LogP contribution < -0.4 is 10.6 Å². The quantitative estimate of drug-likeness (QED) is 0.883. The van der Waals surface area contributed by atoms with Crippen molar-refractivity contribution in [3.63, 3.8) is 0 Å². The van der Waals surface area contributed by atoms with Crippen LogP contribution in [0.3, 0.4) is 0 Å². The van der Waals surface area contributed by atoms with Crippen molar-refractivity contribution in [2.45, 2.75) is 54.7 Å². The molecule has 1 saturated carbocycles. The first-order chi connectivity index (χ1) is 9.81. The monoisotopic (exact) mass is 326 g/mol. The Bertz CT molecular complexity index is 454. The van der Waals surface area contributed by atoms with Crippen LogP contribution in [0, 0.1) is 0 Å². The first-order valence-corrected chi connectivity index (χ1v) is 8.50. The standard InChI is InChI=1S/C16H22N2OS.ClH/c19-16(15-6-3-11-17-15)18-12-7-9-14(10-8-12)20-13-4-1-2-5-13;/h7-10,13,15,17H,1-6,11H2,(H,18,19);1H. The SMILES string of the molecule is Cl.O=C(Nc1ccc(SC2CCCC2)cc1)C1CCCN1. The highest BCUT2D eigenvalue weighted by Gasteiger charge is 2.22. The lowest BCUT2D eigenvalue weighted by Gasteiger charge is -2.12. The number of halogens is 1. The summed E-state index contributed by atoms with van der Waals surface area (Å²) in [5, 5.41) is 7.00. The molecule has 1 aromatic carbocycles. The average Bonchev–Trinajstić information content (AvgIpc) is 3.13. The molecule has 3 nitrogen and oxygen atoms in total. The predicted molar refractivity (Wildman–Crippen MR) is 91.5 cm³/mol. The number of thioether (sulfide) groups is 1. The van der Waals surface area contributed by atoms with Crippen LogP contribution >= 0.6 is 24.2 Å². The summed E-state index contributed by atoms with van der Waals surface area (Å²) in [5.74, 6) is 0.0960. The van der Waals surface area contributed by atoms with E-state index >= 15 is 0 Å². The Morgan fingerprint density at radius 3 is 2.43 bits per heavy atom. The fourth-order valence-corrected chi connectivity index (χ4v) is 4.20. The molecular weight excluding hydrogens is 304 g/mol. The van der Waals surface area contributed by atoms with Gasteiger partial charge in [0.15, 0.2) is 0 Å². The van der Waals surface area contributed by atoms with Crippen LogP contribution in [0.2, 0.25) is 0 Å².